The highest BCUT2D eigenvalue weighted by Gasteiger charge is 2.36. The Morgan fingerprint density at radius 2 is 1.86 bits per heavy atom. The van der Waals surface area contributed by atoms with Gasteiger partial charge in [0.25, 0.3) is 0 Å². The Morgan fingerprint density at radius 3 is 2.48 bits per heavy atom. The molecule has 21 heavy (non-hydrogen) atoms. The van der Waals surface area contributed by atoms with Crippen LogP contribution in [0.2, 0.25) is 0 Å². The van der Waals surface area contributed by atoms with Gasteiger partial charge in [0, 0.05) is 17.6 Å². The summed E-state index contributed by atoms with van der Waals surface area (Å²) in [5.41, 5.74) is 5.91. The van der Waals surface area contributed by atoms with E-state index in [0.29, 0.717) is 5.56 Å². The Labute approximate surface area is 127 Å². The summed E-state index contributed by atoms with van der Waals surface area (Å²) in [5.74, 6) is 5.60. The molecule has 0 saturated carbocycles. The van der Waals surface area contributed by atoms with Crippen molar-refractivity contribution in [2.24, 2.45) is 5.73 Å². The molecule has 2 rings (SSSR count). The van der Waals surface area contributed by atoms with Gasteiger partial charge in [0.1, 0.15) is 0 Å². The first-order valence-corrected chi connectivity index (χ1v) is 8.74. The van der Waals surface area contributed by atoms with Crippen LogP contribution in [0, 0.1) is 11.8 Å². The number of sulfonamides is 1. The Bertz CT molecular complexity index is 648. The van der Waals surface area contributed by atoms with Crippen LogP contribution < -0.4 is 5.73 Å². The smallest absolute Gasteiger partial charge is 0.244 e. The topological polar surface area (TPSA) is 63.4 Å². The van der Waals surface area contributed by atoms with Gasteiger partial charge >= 0.3 is 0 Å². The summed E-state index contributed by atoms with van der Waals surface area (Å²) < 4.78 is 27.7. The summed E-state index contributed by atoms with van der Waals surface area (Å²) in [5, 5.41) is 0. The summed E-state index contributed by atoms with van der Waals surface area (Å²) in [7, 11) is -3.53. The monoisotopic (exact) mass is 306 g/mol. The fourth-order valence-electron chi connectivity index (χ4n) is 2.93. The molecule has 114 valence electrons. The van der Waals surface area contributed by atoms with Crippen molar-refractivity contribution in [2.45, 2.75) is 50.1 Å². The van der Waals surface area contributed by atoms with Gasteiger partial charge in [0.05, 0.1) is 11.4 Å². The zero-order chi connectivity index (χ0) is 15.5. The normalized spacial score (nSPS) is 23.4. The molecule has 0 bridgehead atoms. The molecule has 5 heteroatoms. The van der Waals surface area contributed by atoms with E-state index in [-0.39, 0.29) is 23.5 Å². The lowest BCUT2D eigenvalue weighted by atomic mass is 10.0. The summed E-state index contributed by atoms with van der Waals surface area (Å²) in [6, 6.07) is 6.93. The van der Waals surface area contributed by atoms with Gasteiger partial charge < -0.3 is 5.73 Å². The van der Waals surface area contributed by atoms with E-state index in [0.717, 1.165) is 19.3 Å². The van der Waals surface area contributed by atoms with E-state index in [2.05, 4.69) is 11.8 Å². The second-order valence-electron chi connectivity index (χ2n) is 5.47. The lowest BCUT2D eigenvalue weighted by Gasteiger charge is -2.37. The second-order valence-corrected chi connectivity index (χ2v) is 7.28. The average molecular weight is 306 g/mol. The minimum atomic E-state index is -3.53. The number of hydrogen-bond acceptors (Lipinski definition) is 3. The zero-order valence-electron chi connectivity index (χ0n) is 12.5. The van der Waals surface area contributed by atoms with Gasteiger partial charge in [0.15, 0.2) is 0 Å². The van der Waals surface area contributed by atoms with E-state index in [4.69, 9.17) is 5.73 Å². The van der Waals surface area contributed by atoms with Gasteiger partial charge in [-0.3, -0.25) is 0 Å². The highest BCUT2D eigenvalue weighted by molar-refractivity contribution is 7.89. The standard InChI is InChI=1S/C16H22N2O2S/c1-13-7-5-8-14(2)18(13)21(19,20)16-11-4-3-9-15(16)10-6-12-17/h3-4,9,11,13-14H,5,7-8,12,17H2,1-2H3. The van der Waals surface area contributed by atoms with Crippen molar-refractivity contribution in [1.29, 1.82) is 0 Å². The maximum absolute atomic E-state index is 13.0. The molecule has 1 aliphatic heterocycles. The van der Waals surface area contributed by atoms with Crippen LogP contribution in [0.1, 0.15) is 38.7 Å². The molecular formula is C16H22N2O2S. The fourth-order valence-corrected chi connectivity index (χ4v) is 4.96. The number of hydrogen-bond donors (Lipinski definition) is 1. The predicted octanol–water partition coefficient (Wildman–Crippen LogP) is 1.95. The first kappa shape index (κ1) is 16.0. The SMILES string of the molecule is CC1CCCC(C)N1S(=O)(=O)c1ccccc1C#CCN. The van der Waals surface area contributed by atoms with E-state index in [1.54, 1.807) is 28.6 Å². The van der Waals surface area contributed by atoms with Crippen LogP contribution in [0.15, 0.2) is 29.2 Å². The Kier molecular flexibility index (Phi) is 5.04. The maximum Gasteiger partial charge on any atom is 0.244 e. The molecule has 2 atom stereocenters. The molecule has 0 amide bonds. The van der Waals surface area contributed by atoms with Crippen molar-refractivity contribution in [3.8, 4) is 11.8 Å². The molecule has 2 unspecified atom stereocenters. The molecule has 0 aromatic heterocycles. The highest BCUT2D eigenvalue weighted by atomic mass is 32.2. The van der Waals surface area contributed by atoms with E-state index >= 15 is 0 Å². The summed E-state index contributed by atoms with van der Waals surface area (Å²) in [4.78, 5) is 0.284. The van der Waals surface area contributed by atoms with Crippen LogP contribution in [-0.4, -0.2) is 31.4 Å². The predicted molar refractivity (Wildman–Crippen MR) is 84.2 cm³/mol. The van der Waals surface area contributed by atoms with Crippen LogP contribution in [0.25, 0.3) is 0 Å². The molecule has 0 radical (unpaired) electrons. The zero-order valence-corrected chi connectivity index (χ0v) is 13.4. The lowest BCUT2D eigenvalue weighted by molar-refractivity contribution is 0.204. The van der Waals surface area contributed by atoms with Crippen molar-refractivity contribution >= 4 is 10.0 Å². The fraction of sp³-hybridized carbons (Fsp3) is 0.500. The molecule has 1 fully saturated rings. The van der Waals surface area contributed by atoms with Crippen molar-refractivity contribution in [1.82, 2.24) is 4.31 Å². The lowest BCUT2D eigenvalue weighted by Crippen LogP contribution is -2.47. The van der Waals surface area contributed by atoms with Crippen LogP contribution in [0.5, 0.6) is 0 Å². The quantitative estimate of drug-likeness (QED) is 0.849. The summed E-state index contributed by atoms with van der Waals surface area (Å²) in [6.07, 6.45) is 2.88. The van der Waals surface area contributed by atoms with Crippen molar-refractivity contribution < 1.29 is 8.42 Å². The van der Waals surface area contributed by atoms with Gasteiger partial charge in [-0.05, 0) is 38.8 Å². The molecule has 0 spiro atoms. The molecule has 1 saturated heterocycles. The Hall–Kier alpha value is -1.35. The van der Waals surface area contributed by atoms with Crippen LogP contribution in [0.3, 0.4) is 0 Å². The average Bonchev–Trinajstić information content (AvgIpc) is 2.45. The van der Waals surface area contributed by atoms with Crippen LogP contribution in [-0.2, 0) is 10.0 Å². The highest BCUT2D eigenvalue weighted by Crippen LogP contribution is 2.30. The molecule has 1 aromatic rings. The van der Waals surface area contributed by atoms with E-state index in [9.17, 15) is 8.42 Å². The van der Waals surface area contributed by atoms with Crippen molar-refractivity contribution in [2.75, 3.05) is 6.54 Å². The molecule has 0 aliphatic carbocycles. The molecule has 1 heterocycles. The Morgan fingerprint density at radius 1 is 1.24 bits per heavy atom. The maximum atomic E-state index is 13.0. The minimum absolute atomic E-state index is 0.0225. The molecule has 1 aromatic carbocycles. The van der Waals surface area contributed by atoms with Gasteiger partial charge in [-0.25, -0.2) is 8.42 Å². The number of benzene rings is 1. The molecule has 2 N–H and O–H groups in total. The summed E-state index contributed by atoms with van der Waals surface area (Å²) in [6.45, 7) is 4.16. The van der Waals surface area contributed by atoms with Gasteiger partial charge in [-0.15, -0.1) is 0 Å². The van der Waals surface area contributed by atoms with Gasteiger partial charge in [-0.2, -0.15) is 4.31 Å². The van der Waals surface area contributed by atoms with E-state index in [1.807, 2.05) is 13.8 Å². The number of nitrogens with zero attached hydrogens (tertiary/aromatic N) is 1. The first-order valence-electron chi connectivity index (χ1n) is 7.30. The van der Waals surface area contributed by atoms with Crippen molar-refractivity contribution in [3.63, 3.8) is 0 Å². The first-order chi connectivity index (χ1) is 9.98. The molecular weight excluding hydrogens is 284 g/mol. The Balaban J connectivity index is 2.49. The van der Waals surface area contributed by atoms with Crippen molar-refractivity contribution in [3.05, 3.63) is 29.8 Å². The third-order valence-corrected chi connectivity index (χ3v) is 6.07. The molecule has 4 nitrogen and oxygen atoms in total. The van der Waals surface area contributed by atoms with E-state index in [1.165, 1.54) is 0 Å². The third-order valence-electron chi connectivity index (χ3n) is 3.88. The minimum Gasteiger partial charge on any atom is -0.320 e. The number of piperidine rings is 1. The summed E-state index contributed by atoms with van der Waals surface area (Å²) >= 11 is 0. The number of nitrogens with two attached hydrogens (primary N) is 1. The van der Waals surface area contributed by atoms with Gasteiger partial charge in [-0.1, -0.05) is 30.4 Å². The van der Waals surface area contributed by atoms with Crippen LogP contribution in [0.4, 0.5) is 0 Å². The second kappa shape index (κ2) is 6.61. The molecule has 1 aliphatic rings. The third kappa shape index (κ3) is 3.29. The van der Waals surface area contributed by atoms with E-state index < -0.39 is 10.0 Å². The van der Waals surface area contributed by atoms with Crippen LogP contribution >= 0.6 is 0 Å². The number of rotatable bonds is 2. The van der Waals surface area contributed by atoms with Gasteiger partial charge in [0.2, 0.25) is 10.0 Å². The largest absolute Gasteiger partial charge is 0.320 e.